The van der Waals surface area contributed by atoms with Crippen LogP contribution in [-0.2, 0) is 21.2 Å². The molecule has 1 aliphatic rings. The molecule has 2 aromatic rings. The molecule has 6 nitrogen and oxygen atoms in total. The molecular weight excluding hydrogens is 388 g/mol. The number of carbonyl (C=O) groups excluding carboxylic acids is 1. The summed E-state index contributed by atoms with van der Waals surface area (Å²) in [6.07, 6.45) is 3.32. The van der Waals surface area contributed by atoms with Gasteiger partial charge in [0.25, 0.3) is 0 Å². The van der Waals surface area contributed by atoms with E-state index in [2.05, 4.69) is 4.72 Å². The molecule has 1 amide bonds. The number of hydrogen-bond donors (Lipinski definition) is 1. The van der Waals surface area contributed by atoms with Crippen LogP contribution < -0.4 is 9.46 Å². The van der Waals surface area contributed by atoms with Gasteiger partial charge in [0.05, 0.1) is 11.5 Å². The summed E-state index contributed by atoms with van der Waals surface area (Å²) in [7, 11) is -3.85. The number of likely N-dealkylation sites (tertiary alicyclic amines) is 1. The van der Waals surface area contributed by atoms with Crippen molar-refractivity contribution in [3.63, 3.8) is 0 Å². The molecule has 156 valence electrons. The SMILES string of the molecule is CCOc1ccc(S(=O)(=O)N[C@H](Cc2ccccc2)C(=O)N2CCCCC2)cc1. The molecule has 1 saturated heterocycles. The Bertz CT molecular complexity index is 892. The molecule has 1 N–H and O–H groups in total. The Kier molecular flexibility index (Phi) is 7.28. The van der Waals surface area contributed by atoms with Crippen molar-refractivity contribution in [1.29, 1.82) is 0 Å². The molecule has 0 unspecified atom stereocenters. The molecule has 0 bridgehead atoms. The number of carbonyl (C=O) groups is 1. The van der Waals surface area contributed by atoms with E-state index in [-0.39, 0.29) is 10.8 Å². The Morgan fingerprint density at radius 3 is 2.31 bits per heavy atom. The van der Waals surface area contributed by atoms with Gasteiger partial charge in [-0.15, -0.1) is 0 Å². The van der Waals surface area contributed by atoms with Crippen LogP contribution in [0.1, 0.15) is 31.7 Å². The average Bonchev–Trinajstić information content (AvgIpc) is 2.75. The quantitative estimate of drug-likeness (QED) is 0.718. The normalized spacial score (nSPS) is 15.7. The monoisotopic (exact) mass is 416 g/mol. The van der Waals surface area contributed by atoms with E-state index in [4.69, 9.17) is 4.74 Å². The first-order chi connectivity index (χ1) is 14.0. The number of rotatable bonds is 8. The van der Waals surface area contributed by atoms with Crippen molar-refractivity contribution in [3.05, 3.63) is 60.2 Å². The van der Waals surface area contributed by atoms with Gasteiger partial charge in [-0.1, -0.05) is 30.3 Å². The molecule has 0 aromatic heterocycles. The van der Waals surface area contributed by atoms with E-state index in [1.165, 1.54) is 12.1 Å². The fraction of sp³-hybridized carbons (Fsp3) is 0.409. The third-order valence-corrected chi connectivity index (χ3v) is 6.48. The summed E-state index contributed by atoms with van der Waals surface area (Å²) in [5, 5.41) is 0. The molecule has 2 aromatic carbocycles. The Hall–Kier alpha value is -2.38. The van der Waals surface area contributed by atoms with Crippen LogP contribution in [0.3, 0.4) is 0 Å². The number of sulfonamides is 1. The number of amides is 1. The number of nitrogens with one attached hydrogen (secondary N) is 1. The van der Waals surface area contributed by atoms with Gasteiger partial charge in [0.1, 0.15) is 11.8 Å². The number of ether oxygens (including phenoxy) is 1. The molecule has 1 fully saturated rings. The molecule has 3 rings (SSSR count). The predicted octanol–water partition coefficient (Wildman–Crippen LogP) is 2.99. The second kappa shape index (κ2) is 9.89. The van der Waals surface area contributed by atoms with Crippen molar-refractivity contribution in [3.8, 4) is 5.75 Å². The molecule has 0 saturated carbocycles. The summed E-state index contributed by atoms with van der Waals surface area (Å²) < 4.78 is 34.0. The molecule has 1 aliphatic heterocycles. The maximum Gasteiger partial charge on any atom is 0.241 e. The summed E-state index contributed by atoms with van der Waals surface area (Å²) in [6, 6.07) is 14.9. The lowest BCUT2D eigenvalue weighted by Crippen LogP contribution is -2.50. The molecule has 0 aliphatic carbocycles. The zero-order valence-electron chi connectivity index (χ0n) is 16.7. The highest BCUT2D eigenvalue weighted by molar-refractivity contribution is 7.89. The van der Waals surface area contributed by atoms with Crippen LogP contribution in [0.2, 0.25) is 0 Å². The van der Waals surface area contributed by atoms with Gasteiger partial charge in [0.2, 0.25) is 15.9 Å². The second-order valence-corrected chi connectivity index (χ2v) is 8.87. The van der Waals surface area contributed by atoms with E-state index >= 15 is 0 Å². The molecular formula is C22H28N2O4S. The van der Waals surface area contributed by atoms with Crippen LogP contribution in [-0.4, -0.2) is 45.0 Å². The van der Waals surface area contributed by atoms with Gasteiger partial charge in [0, 0.05) is 13.1 Å². The zero-order valence-corrected chi connectivity index (χ0v) is 17.5. The summed E-state index contributed by atoms with van der Waals surface area (Å²) in [5.74, 6) is 0.444. The Morgan fingerprint density at radius 1 is 1.03 bits per heavy atom. The summed E-state index contributed by atoms with van der Waals surface area (Å²) in [5.41, 5.74) is 0.914. The van der Waals surface area contributed by atoms with E-state index in [1.54, 1.807) is 17.0 Å². The molecule has 29 heavy (non-hydrogen) atoms. The highest BCUT2D eigenvalue weighted by Crippen LogP contribution is 2.18. The molecule has 0 radical (unpaired) electrons. The molecule has 7 heteroatoms. The van der Waals surface area contributed by atoms with E-state index in [0.717, 1.165) is 24.8 Å². The van der Waals surface area contributed by atoms with Crippen LogP contribution in [0.4, 0.5) is 0 Å². The lowest BCUT2D eigenvalue weighted by Gasteiger charge is -2.30. The van der Waals surface area contributed by atoms with Crippen molar-refractivity contribution in [2.75, 3.05) is 19.7 Å². The van der Waals surface area contributed by atoms with Gasteiger partial charge >= 0.3 is 0 Å². The number of piperidine rings is 1. The smallest absolute Gasteiger partial charge is 0.241 e. The maximum atomic E-state index is 13.1. The van der Waals surface area contributed by atoms with Crippen molar-refractivity contribution in [1.82, 2.24) is 9.62 Å². The number of nitrogens with zero attached hydrogens (tertiary/aromatic N) is 1. The topological polar surface area (TPSA) is 75.7 Å². The fourth-order valence-electron chi connectivity index (χ4n) is 3.50. The minimum atomic E-state index is -3.85. The molecule has 0 spiro atoms. The van der Waals surface area contributed by atoms with E-state index < -0.39 is 16.1 Å². The third-order valence-electron chi connectivity index (χ3n) is 4.99. The summed E-state index contributed by atoms with van der Waals surface area (Å²) >= 11 is 0. The third kappa shape index (κ3) is 5.81. The van der Waals surface area contributed by atoms with E-state index in [0.29, 0.717) is 31.9 Å². The van der Waals surface area contributed by atoms with Crippen LogP contribution >= 0.6 is 0 Å². The van der Waals surface area contributed by atoms with E-state index in [1.807, 2.05) is 37.3 Å². The van der Waals surface area contributed by atoms with Gasteiger partial charge in [-0.3, -0.25) is 4.79 Å². The largest absolute Gasteiger partial charge is 0.494 e. The predicted molar refractivity (Wildman–Crippen MR) is 112 cm³/mol. The molecule has 1 atom stereocenters. The first-order valence-corrected chi connectivity index (χ1v) is 11.6. The Labute approximate surface area is 172 Å². The lowest BCUT2D eigenvalue weighted by atomic mass is 10.0. The first kappa shape index (κ1) is 21.3. The highest BCUT2D eigenvalue weighted by atomic mass is 32.2. The van der Waals surface area contributed by atoms with Crippen molar-refractivity contribution < 1.29 is 17.9 Å². The maximum absolute atomic E-state index is 13.1. The fourth-order valence-corrected chi connectivity index (χ4v) is 4.69. The number of benzene rings is 2. The van der Waals surface area contributed by atoms with Crippen molar-refractivity contribution in [2.24, 2.45) is 0 Å². The minimum absolute atomic E-state index is 0.116. The minimum Gasteiger partial charge on any atom is -0.494 e. The van der Waals surface area contributed by atoms with Gasteiger partial charge in [-0.2, -0.15) is 4.72 Å². The highest BCUT2D eigenvalue weighted by Gasteiger charge is 2.30. The van der Waals surface area contributed by atoms with Gasteiger partial charge in [-0.05, 0) is 62.4 Å². The van der Waals surface area contributed by atoms with E-state index in [9.17, 15) is 13.2 Å². The second-order valence-electron chi connectivity index (χ2n) is 7.15. The van der Waals surface area contributed by atoms with Crippen LogP contribution in [0.5, 0.6) is 5.75 Å². The Morgan fingerprint density at radius 2 is 1.69 bits per heavy atom. The summed E-state index contributed by atoms with van der Waals surface area (Å²) in [6.45, 7) is 3.73. The van der Waals surface area contributed by atoms with Gasteiger partial charge in [-0.25, -0.2) is 8.42 Å². The average molecular weight is 417 g/mol. The number of hydrogen-bond acceptors (Lipinski definition) is 4. The van der Waals surface area contributed by atoms with Crippen LogP contribution in [0, 0.1) is 0 Å². The van der Waals surface area contributed by atoms with Crippen molar-refractivity contribution >= 4 is 15.9 Å². The Balaban J connectivity index is 1.81. The lowest BCUT2D eigenvalue weighted by molar-refractivity contribution is -0.133. The summed E-state index contributed by atoms with van der Waals surface area (Å²) in [4.78, 5) is 15.0. The molecule has 1 heterocycles. The van der Waals surface area contributed by atoms with Crippen LogP contribution in [0.25, 0.3) is 0 Å². The van der Waals surface area contributed by atoms with Gasteiger partial charge in [0.15, 0.2) is 0 Å². The van der Waals surface area contributed by atoms with Crippen LogP contribution in [0.15, 0.2) is 59.5 Å². The standard InChI is InChI=1S/C22H28N2O4S/c1-2-28-19-11-13-20(14-12-19)29(26,27)23-21(17-18-9-5-3-6-10-18)22(25)24-15-7-4-8-16-24/h3,5-6,9-14,21,23H,2,4,7-8,15-17H2,1H3/t21-/m1/s1. The zero-order chi connectivity index (χ0) is 20.7. The van der Waals surface area contributed by atoms with Crippen molar-refractivity contribution in [2.45, 2.75) is 43.5 Å². The first-order valence-electron chi connectivity index (χ1n) is 10.1. The van der Waals surface area contributed by atoms with Gasteiger partial charge < -0.3 is 9.64 Å².